The van der Waals surface area contributed by atoms with Crippen molar-refractivity contribution in [1.29, 1.82) is 0 Å². The van der Waals surface area contributed by atoms with Crippen molar-refractivity contribution >= 4 is 23.1 Å². The normalized spacial score (nSPS) is 22.3. The summed E-state index contributed by atoms with van der Waals surface area (Å²) in [4.78, 5) is 30.3. The molecule has 2 aliphatic rings. The molecule has 2 atom stereocenters. The number of imide groups is 1. The lowest BCUT2D eigenvalue weighted by Crippen LogP contribution is -2.42. The number of rotatable bonds is 3. The number of amides is 2. The zero-order chi connectivity index (χ0) is 21.6. The summed E-state index contributed by atoms with van der Waals surface area (Å²) in [5.41, 5.74) is 3.93. The van der Waals surface area contributed by atoms with Crippen LogP contribution >= 0.6 is 0 Å². The maximum absolute atomic E-state index is 13.9. The van der Waals surface area contributed by atoms with E-state index in [1.54, 1.807) is 6.07 Å². The summed E-state index contributed by atoms with van der Waals surface area (Å²) in [6.07, 6.45) is 1.10. The first-order chi connectivity index (χ1) is 14.3. The molecule has 5 heteroatoms. The van der Waals surface area contributed by atoms with Gasteiger partial charge in [-0.25, -0.2) is 9.29 Å². The number of piperidine rings is 1. The van der Waals surface area contributed by atoms with Crippen molar-refractivity contribution in [3.8, 4) is 0 Å². The molecule has 30 heavy (non-hydrogen) atoms. The number of carbonyl (C=O) groups is 2. The minimum absolute atomic E-state index is 0.264. The first-order valence-electron chi connectivity index (χ1n) is 10.5. The van der Waals surface area contributed by atoms with E-state index in [0.717, 1.165) is 41.1 Å². The van der Waals surface area contributed by atoms with Crippen molar-refractivity contribution in [3.05, 3.63) is 70.7 Å². The molecule has 1 saturated heterocycles. The Bertz CT molecular complexity index is 1050. The van der Waals surface area contributed by atoms with Crippen LogP contribution in [0, 0.1) is 31.5 Å². The molecule has 0 aromatic heterocycles. The summed E-state index contributed by atoms with van der Waals surface area (Å²) < 4.78 is 13.9. The van der Waals surface area contributed by atoms with Gasteiger partial charge in [-0.3, -0.25) is 9.59 Å². The largest absolute Gasteiger partial charge is 0.366 e. The second-order valence-corrected chi connectivity index (χ2v) is 8.82. The second-order valence-electron chi connectivity index (χ2n) is 8.82. The molecular weight excluding hydrogens is 379 g/mol. The van der Waals surface area contributed by atoms with E-state index in [1.165, 1.54) is 18.2 Å². The lowest BCUT2D eigenvalue weighted by Gasteiger charge is -2.37. The van der Waals surface area contributed by atoms with Crippen LogP contribution in [0.5, 0.6) is 0 Å². The summed E-state index contributed by atoms with van der Waals surface area (Å²) in [6.45, 7) is 9.75. The third kappa shape index (κ3) is 3.53. The van der Waals surface area contributed by atoms with E-state index < -0.39 is 11.7 Å². The van der Waals surface area contributed by atoms with Crippen molar-refractivity contribution in [3.63, 3.8) is 0 Å². The number of carbonyl (C=O) groups excluding carboxylic acids is 2. The fourth-order valence-electron chi connectivity index (χ4n) is 4.84. The highest BCUT2D eigenvalue weighted by atomic mass is 19.1. The van der Waals surface area contributed by atoms with E-state index in [0.29, 0.717) is 23.1 Å². The number of hydrogen-bond donors (Lipinski definition) is 0. The summed E-state index contributed by atoms with van der Waals surface area (Å²) in [6, 6.07) is 11.5. The maximum Gasteiger partial charge on any atom is 0.282 e. The van der Waals surface area contributed by atoms with Gasteiger partial charge in [-0.2, -0.15) is 0 Å². The quantitative estimate of drug-likeness (QED) is 0.694. The van der Waals surface area contributed by atoms with Crippen molar-refractivity contribution in [2.75, 3.05) is 18.0 Å². The van der Waals surface area contributed by atoms with Crippen LogP contribution in [0.25, 0.3) is 5.57 Å². The number of aryl methyl sites for hydroxylation is 2. The Balaban J connectivity index is 1.88. The smallest absolute Gasteiger partial charge is 0.282 e. The number of hydrogen-bond acceptors (Lipinski definition) is 3. The molecule has 4 nitrogen and oxygen atoms in total. The standard InChI is InChI=1S/C25H27FN2O2/c1-15-8-9-21(18(4)11-15)22-23(27-13-16(2)10-17(3)14-27)25(30)28(24(22)29)20-7-5-6-19(26)12-20/h5-9,11-12,16-17H,10,13-14H2,1-4H3. The van der Waals surface area contributed by atoms with E-state index in [2.05, 4.69) is 18.7 Å². The molecule has 2 aliphatic heterocycles. The molecule has 0 radical (unpaired) electrons. The average molecular weight is 407 g/mol. The highest BCUT2D eigenvalue weighted by molar-refractivity contribution is 6.45. The van der Waals surface area contributed by atoms with Gasteiger partial charge in [0.25, 0.3) is 11.8 Å². The SMILES string of the molecule is Cc1ccc(C2=C(N3CC(C)CC(C)C3)C(=O)N(c3cccc(F)c3)C2=O)c(C)c1. The minimum atomic E-state index is -0.477. The molecule has 0 bridgehead atoms. The Morgan fingerprint density at radius 3 is 2.27 bits per heavy atom. The third-order valence-corrected chi connectivity index (χ3v) is 5.96. The van der Waals surface area contributed by atoms with Gasteiger partial charge in [-0.05, 0) is 61.4 Å². The molecule has 2 aromatic rings. The van der Waals surface area contributed by atoms with Crippen molar-refractivity contribution in [2.45, 2.75) is 34.1 Å². The highest BCUT2D eigenvalue weighted by Crippen LogP contribution is 2.38. The van der Waals surface area contributed by atoms with E-state index >= 15 is 0 Å². The number of halogens is 1. The fourth-order valence-corrected chi connectivity index (χ4v) is 4.84. The molecule has 0 N–H and O–H groups in total. The highest BCUT2D eigenvalue weighted by Gasteiger charge is 2.44. The lowest BCUT2D eigenvalue weighted by molar-refractivity contribution is -0.120. The van der Waals surface area contributed by atoms with Crippen LogP contribution in [0.4, 0.5) is 10.1 Å². The minimum Gasteiger partial charge on any atom is -0.366 e. The number of anilines is 1. The van der Waals surface area contributed by atoms with Gasteiger partial charge in [0.05, 0.1) is 11.3 Å². The Labute approximate surface area is 177 Å². The molecule has 0 spiro atoms. The van der Waals surface area contributed by atoms with Crippen molar-refractivity contribution < 1.29 is 14.0 Å². The second kappa shape index (κ2) is 7.71. The van der Waals surface area contributed by atoms with Crippen LogP contribution in [0.15, 0.2) is 48.2 Å². The third-order valence-electron chi connectivity index (χ3n) is 5.96. The maximum atomic E-state index is 13.9. The zero-order valence-corrected chi connectivity index (χ0v) is 17.9. The molecule has 156 valence electrons. The predicted molar refractivity (Wildman–Crippen MR) is 116 cm³/mol. The van der Waals surface area contributed by atoms with E-state index in [1.807, 2.05) is 32.0 Å². The van der Waals surface area contributed by atoms with Gasteiger partial charge in [-0.1, -0.05) is 43.7 Å². The van der Waals surface area contributed by atoms with Crippen molar-refractivity contribution in [1.82, 2.24) is 4.90 Å². The number of likely N-dealkylation sites (tertiary alicyclic amines) is 1. The van der Waals surface area contributed by atoms with Gasteiger partial charge >= 0.3 is 0 Å². The van der Waals surface area contributed by atoms with Crippen LogP contribution < -0.4 is 4.90 Å². The van der Waals surface area contributed by atoms with Crippen LogP contribution in [0.1, 0.15) is 37.0 Å². The Morgan fingerprint density at radius 1 is 0.933 bits per heavy atom. The Hall–Kier alpha value is -2.95. The summed E-state index contributed by atoms with van der Waals surface area (Å²) >= 11 is 0. The molecule has 0 saturated carbocycles. The van der Waals surface area contributed by atoms with Gasteiger partial charge in [0.2, 0.25) is 0 Å². The van der Waals surface area contributed by atoms with Crippen LogP contribution in [0.2, 0.25) is 0 Å². The number of benzene rings is 2. The van der Waals surface area contributed by atoms with Gasteiger partial charge in [0.15, 0.2) is 0 Å². The summed E-state index contributed by atoms with van der Waals surface area (Å²) in [5, 5.41) is 0. The summed E-state index contributed by atoms with van der Waals surface area (Å²) in [5.74, 6) is -0.393. The average Bonchev–Trinajstić information content (AvgIpc) is 2.91. The van der Waals surface area contributed by atoms with E-state index in [-0.39, 0.29) is 11.6 Å². The topological polar surface area (TPSA) is 40.6 Å². The molecule has 0 aliphatic carbocycles. The predicted octanol–water partition coefficient (Wildman–Crippen LogP) is 4.70. The molecule has 1 fully saturated rings. The first-order valence-corrected chi connectivity index (χ1v) is 10.5. The van der Waals surface area contributed by atoms with Gasteiger partial charge in [0, 0.05) is 13.1 Å². The summed E-state index contributed by atoms with van der Waals surface area (Å²) in [7, 11) is 0. The molecule has 2 aromatic carbocycles. The fraction of sp³-hybridized carbons (Fsp3) is 0.360. The molecule has 4 rings (SSSR count). The molecule has 2 unspecified atom stereocenters. The van der Waals surface area contributed by atoms with E-state index in [9.17, 15) is 14.0 Å². The van der Waals surface area contributed by atoms with Crippen molar-refractivity contribution in [2.24, 2.45) is 11.8 Å². The zero-order valence-electron chi connectivity index (χ0n) is 17.9. The van der Waals surface area contributed by atoms with E-state index in [4.69, 9.17) is 0 Å². The molecular formula is C25H27FN2O2. The Morgan fingerprint density at radius 2 is 1.63 bits per heavy atom. The number of nitrogens with zero attached hydrogens (tertiary/aromatic N) is 2. The van der Waals surface area contributed by atoms with Crippen LogP contribution in [-0.2, 0) is 9.59 Å². The molecule has 2 heterocycles. The van der Waals surface area contributed by atoms with Gasteiger partial charge in [0.1, 0.15) is 11.5 Å². The van der Waals surface area contributed by atoms with Gasteiger partial charge < -0.3 is 4.90 Å². The van der Waals surface area contributed by atoms with Gasteiger partial charge in [-0.15, -0.1) is 0 Å². The lowest BCUT2D eigenvalue weighted by atomic mass is 9.90. The molecule has 2 amide bonds. The monoisotopic (exact) mass is 406 g/mol. The first kappa shape index (κ1) is 20.3. The van der Waals surface area contributed by atoms with Crippen LogP contribution in [0.3, 0.4) is 0 Å². The Kier molecular flexibility index (Phi) is 5.22. The van der Waals surface area contributed by atoms with Crippen LogP contribution in [-0.4, -0.2) is 29.8 Å².